The van der Waals surface area contributed by atoms with Gasteiger partial charge in [-0.3, -0.25) is 5.32 Å². The molecule has 1 aliphatic rings. The van der Waals surface area contributed by atoms with Gasteiger partial charge in [-0.2, -0.15) is 0 Å². The maximum Gasteiger partial charge on any atom is 0.103 e. The van der Waals surface area contributed by atoms with E-state index in [9.17, 15) is 0 Å². The van der Waals surface area contributed by atoms with Crippen LogP contribution < -0.4 is 5.32 Å². The minimum Gasteiger partial charge on any atom is -0.379 e. The van der Waals surface area contributed by atoms with Gasteiger partial charge >= 0.3 is 0 Å². The number of hydrogen-bond donors (Lipinski definition) is 3. The topological polar surface area (TPSA) is 55.7 Å². The quantitative estimate of drug-likeness (QED) is 0.636. The van der Waals surface area contributed by atoms with Crippen molar-refractivity contribution in [3.8, 4) is 0 Å². The molecule has 0 aromatic heterocycles. The first-order chi connectivity index (χ1) is 7.56. The average molecular weight is 232 g/mol. The van der Waals surface area contributed by atoms with Crippen molar-refractivity contribution < 1.29 is 10.2 Å². The van der Waals surface area contributed by atoms with E-state index < -0.39 is 12.5 Å². The normalized spacial score (nSPS) is 20.8. The molecular formula is C12H28N2O2. The predicted molar refractivity (Wildman–Crippen MR) is 67.1 cm³/mol. The molecule has 4 nitrogen and oxygen atoms in total. The number of nitrogens with one attached hydrogen (secondary N) is 1. The van der Waals surface area contributed by atoms with Crippen molar-refractivity contribution in [2.24, 2.45) is 0 Å². The Morgan fingerprint density at radius 2 is 1.56 bits per heavy atom. The van der Waals surface area contributed by atoms with E-state index in [4.69, 9.17) is 10.2 Å². The lowest BCUT2D eigenvalue weighted by Crippen LogP contribution is -2.33. The zero-order valence-electron chi connectivity index (χ0n) is 10.9. The fourth-order valence-corrected chi connectivity index (χ4v) is 1.85. The second-order valence-electron chi connectivity index (χ2n) is 4.42. The summed E-state index contributed by atoms with van der Waals surface area (Å²) in [7, 11) is 0. The Kier molecular flexibility index (Phi) is 9.92. The van der Waals surface area contributed by atoms with Crippen LogP contribution in [0.15, 0.2) is 0 Å². The highest BCUT2D eigenvalue weighted by atomic mass is 16.3. The van der Waals surface area contributed by atoms with E-state index in [-0.39, 0.29) is 0 Å². The standard InChI is InChI=1S/C8H17N.C4H11NO2/c1-2-6-9-7-4-3-5-8-9;1-3(6)5-4(2)7/h2-8H2,1H3;3-7H,1-2H3. The summed E-state index contributed by atoms with van der Waals surface area (Å²) in [5, 5.41) is 19.3. The van der Waals surface area contributed by atoms with Crippen LogP contribution in [0.25, 0.3) is 0 Å². The zero-order chi connectivity index (χ0) is 12.4. The van der Waals surface area contributed by atoms with E-state index in [1.54, 1.807) is 13.8 Å². The minimum absolute atomic E-state index is 0.625. The molecule has 0 aromatic rings. The van der Waals surface area contributed by atoms with Crippen LogP contribution in [0.2, 0.25) is 0 Å². The van der Waals surface area contributed by atoms with Gasteiger partial charge in [0.25, 0.3) is 0 Å². The fraction of sp³-hybridized carbons (Fsp3) is 1.00. The van der Waals surface area contributed by atoms with Crippen molar-refractivity contribution in [2.45, 2.75) is 58.9 Å². The highest BCUT2D eigenvalue weighted by Gasteiger charge is 2.07. The van der Waals surface area contributed by atoms with Crippen LogP contribution >= 0.6 is 0 Å². The molecule has 98 valence electrons. The first-order valence-electron chi connectivity index (χ1n) is 6.40. The van der Waals surface area contributed by atoms with Crippen molar-refractivity contribution >= 4 is 0 Å². The molecule has 0 radical (unpaired) electrons. The molecule has 0 aliphatic carbocycles. The summed E-state index contributed by atoms with van der Waals surface area (Å²) in [6, 6.07) is 0. The summed E-state index contributed by atoms with van der Waals surface area (Å²) >= 11 is 0. The Bertz CT molecular complexity index is 137. The Morgan fingerprint density at radius 1 is 1.06 bits per heavy atom. The Labute approximate surface area is 99.7 Å². The smallest absolute Gasteiger partial charge is 0.103 e. The molecule has 0 amide bonds. The third-order valence-corrected chi connectivity index (χ3v) is 2.47. The molecule has 1 fully saturated rings. The van der Waals surface area contributed by atoms with Crippen LogP contribution in [0.1, 0.15) is 46.5 Å². The van der Waals surface area contributed by atoms with Crippen LogP contribution in [-0.4, -0.2) is 47.2 Å². The van der Waals surface area contributed by atoms with Gasteiger partial charge < -0.3 is 15.1 Å². The summed E-state index contributed by atoms with van der Waals surface area (Å²) in [4.78, 5) is 2.57. The van der Waals surface area contributed by atoms with Crippen LogP contribution in [0.3, 0.4) is 0 Å². The Morgan fingerprint density at radius 3 is 1.88 bits per heavy atom. The second-order valence-corrected chi connectivity index (χ2v) is 4.42. The Hall–Kier alpha value is -0.160. The van der Waals surface area contributed by atoms with Gasteiger partial charge in [0.05, 0.1) is 0 Å². The van der Waals surface area contributed by atoms with Crippen molar-refractivity contribution in [3.63, 3.8) is 0 Å². The number of aliphatic hydroxyl groups is 2. The van der Waals surface area contributed by atoms with Crippen LogP contribution in [-0.2, 0) is 0 Å². The lowest BCUT2D eigenvalue weighted by Gasteiger charge is -2.25. The lowest BCUT2D eigenvalue weighted by atomic mass is 10.1. The van der Waals surface area contributed by atoms with Crippen molar-refractivity contribution in [3.05, 3.63) is 0 Å². The van der Waals surface area contributed by atoms with Gasteiger partial charge in [-0.15, -0.1) is 0 Å². The largest absolute Gasteiger partial charge is 0.379 e. The van der Waals surface area contributed by atoms with Gasteiger partial charge in [-0.1, -0.05) is 13.3 Å². The third kappa shape index (κ3) is 10.4. The van der Waals surface area contributed by atoms with Crippen molar-refractivity contribution in [1.82, 2.24) is 10.2 Å². The molecular weight excluding hydrogens is 204 g/mol. The molecule has 3 N–H and O–H groups in total. The monoisotopic (exact) mass is 232 g/mol. The van der Waals surface area contributed by atoms with Gasteiger partial charge in [0.1, 0.15) is 12.5 Å². The van der Waals surface area contributed by atoms with E-state index in [1.165, 1.54) is 45.3 Å². The second kappa shape index (κ2) is 10.0. The van der Waals surface area contributed by atoms with Crippen molar-refractivity contribution in [1.29, 1.82) is 0 Å². The summed E-state index contributed by atoms with van der Waals surface area (Å²) in [5.41, 5.74) is 0. The number of nitrogens with zero attached hydrogens (tertiary/aromatic N) is 1. The van der Waals surface area contributed by atoms with Gasteiger partial charge in [0.15, 0.2) is 0 Å². The number of aliphatic hydroxyl groups excluding tert-OH is 2. The van der Waals surface area contributed by atoms with E-state index in [1.807, 2.05) is 0 Å². The van der Waals surface area contributed by atoms with Crippen LogP contribution in [0, 0.1) is 0 Å². The summed E-state index contributed by atoms with van der Waals surface area (Å²) in [6.07, 6.45) is 4.39. The first-order valence-corrected chi connectivity index (χ1v) is 6.40. The molecule has 0 saturated carbocycles. The lowest BCUT2D eigenvalue weighted by molar-refractivity contribution is 0.0632. The summed E-state index contributed by atoms with van der Waals surface area (Å²) < 4.78 is 0. The van der Waals surface area contributed by atoms with E-state index in [0.717, 1.165) is 0 Å². The van der Waals surface area contributed by atoms with Gasteiger partial charge in [-0.05, 0) is 52.7 Å². The molecule has 16 heavy (non-hydrogen) atoms. The fourth-order valence-electron chi connectivity index (χ4n) is 1.85. The van der Waals surface area contributed by atoms with Crippen molar-refractivity contribution in [2.75, 3.05) is 19.6 Å². The first kappa shape index (κ1) is 15.8. The molecule has 0 bridgehead atoms. The van der Waals surface area contributed by atoms with Gasteiger partial charge in [0, 0.05) is 0 Å². The van der Waals surface area contributed by atoms with E-state index in [0.29, 0.717) is 0 Å². The SMILES string of the molecule is CC(O)NC(C)O.CCCN1CCCCC1. The van der Waals surface area contributed by atoms with Crippen LogP contribution in [0.5, 0.6) is 0 Å². The minimum atomic E-state index is -0.625. The summed E-state index contributed by atoms with van der Waals surface area (Å²) in [6.45, 7) is 9.38. The highest BCUT2D eigenvalue weighted by Crippen LogP contribution is 2.07. The predicted octanol–water partition coefficient (Wildman–Crippen LogP) is 1.13. The van der Waals surface area contributed by atoms with E-state index in [2.05, 4.69) is 17.1 Å². The zero-order valence-corrected chi connectivity index (χ0v) is 10.9. The van der Waals surface area contributed by atoms with E-state index >= 15 is 0 Å². The van der Waals surface area contributed by atoms with Crippen LogP contribution in [0.4, 0.5) is 0 Å². The molecule has 0 aromatic carbocycles. The maximum absolute atomic E-state index is 8.45. The molecule has 1 heterocycles. The average Bonchev–Trinajstić information content (AvgIpc) is 2.18. The Balaban J connectivity index is 0.000000293. The molecule has 1 saturated heterocycles. The molecule has 4 heteroatoms. The highest BCUT2D eigenvalue weighted by molar-refractivity contribution is 4.62. The number of rotatable bonds is 4. The van der Waals surface area contributed by atoms with Gasteiger partial charge in [-0.25, -0.2) is 0 Å². The molecule has 1 aliphatic heterocycles. The molecule has 2 atom stereocenters. The maximum atomic E-state index is 8.45. The molecule has 2 unspecified atom stereocenters. The van der Waals surface area contributed by atoms with Gasteiger partial charge in [0.2, 0.25) is 0 Å². The molecule has 0 spiro atoms. The number of likely N-dealkylation sites (tertiary alicyclic amines) is 1. The molecule has 1 rings (SSSR count). The third-order valence-electron chi connectivity index (χ3n) is 2.47. The number of piperidine rings is 1. The number of hydrogen-bond acceptors (Lipinski definition) is 4. The summed E-state index contributed by atoms with van der Waals surface area (Å²) in [5.74, 6) is 0.